The number of anilines is 2. The molecule has 1 aromatic rings. The van der Waals surface area contributed by atoms with Crippen molar-refractivity contribution in [3.05, 3.63) is 11.4 Å². The molecule has 5 nitrogen and oxygen atoms in total. The SMILES string of the molecule is CCc1nc(NN)c(C)c(N(C)C(C)CSC)n1. The topological polar surface area (TPSA) is 67.1 Å². The Morgan fingerprint density at radius 2 is 2.11 bits per heavy atom. The number of hydrazine groups is 1. The van der Waals surface area contributed by atoms with E-state index in [9.17, 15) is 0 Å². The Balaban J connectivity index is 3.13. The summed E-state index contributed by atoms with van der Waals surface area (Å²) in [4.78, 5) is 11.2. The first-order valence-electron chi connectivity index (χ1n) is 6.11. The summed E-state index contributed by atoms with van der Waals surface area (Å²) in [5.41, 5.74) is 3.64. The lowest BCUT2D eigenvalue weighted by atomic mass is 10.2. The molecular weight excluding hydrogens is 246 g/mol. The number of nitrogens with two attached hydrogens (primary N) is 1. The van der Waals surface area contributed by atoms with Crippen LogP contribution in [0.1, 0.15) is 25.2 Å². The predicted molar refractivity (Wildman–Crippen MR) is 80.2 cm³/mol. The number of hydrogen-bond acceptors (Lipinski definition) is 6. The zero-order valence-corrected chi connectivity index (χ0v) is 12.6. The van der Waals surface area contributed by atoms with Crippen molar-refractivity contribution in [3.63, 3.8) is 0 Å². The number of aromatic nitrogens is 2. The van der Waals surface area contributed by atoms with Gasteiger partial charge in [0.25, 0.3) is 0 Å². The molecule has 0 fully saturated rings. The van der Waals surface area contributed by atoms with E-state index in [4.69, 9.17) is 5.84 Å². The van der Waals surface area contributed by atoms with Crippen LogP contribution in [0.3, 0.4) is 0 Å². The Bertz CT molecular complexity index is 396. The van der Waals surface area contributed by atoms with Crippen LogP contribution in [0.2, 0.25) is 0 Å². The molecule has 1 atom stereocenters. The molecule has 0 spiro atoms. The summed E-state index contributed by atoms with van der Waals surface area (Å²) in [5, 5.41) is 0. The minimum absolute atomic E-state index is 0.420. The Hall–Kier alpha value is -1.01. The van der Waals surface area contributed by atoms with Gasteiger partial charge in [-0.25, -0.2) is 15.8 Å². The first-order chi connectivity index (χ1) is 8.54. The van der Waals surface area contributed by atoms with E-state index in [0.29, 0.717) is 11.9 Å². The molecule has 1 heterocycles. The largest absolute Gasteiger partial charge is 0.356 e. The van der Waals surface area contributed by atoms with Crippen molar-refractivity contribution < 1.29 is 0 Å². The van der Waals surface area contributed by atoms with E-state index in [-0.39, 0.29) is 0 Å². The summed E-state index contributed by atoms with van der Waals surface area (Å²) >= 11 is 1.83. The van der Waals surface area contributed by atoms with E-state index < -0.39 is 0 Å². The summed E-state index contributed by atoms with van der Waals surface area (Å²) in [6, 6.07) is 0.420. The highest BCUT2D eigenvalue weighted by atomic mass is 32.2. The second-order valence-corrected chi connectivity index (χ2v) is 5.26. The van der Waals surface area contributed by atoms with Gasteiger partial charge in [-0.05, 0) is 20.1 Å². The third kappa shape index (κ3) is 3.26. The Kier molecular flexibility index (Phi) is 5.68. The van der Waals surface area contributed by atoms with Gasteiger partial charge < -0.3 is 10.3 Å². The van der Waals surface area contributed by atoms with E-state index in [1.165, 1.54) is 0 Å². The second-order valence-electron chi connectivity index (χ2n) is 4.35. The fourth-order valence-electron chi connectivity index (χ4n) is 1.75. The quantitative estimate of drug-likeness (QED) is 0.606. The van der Waals surface area contributed by atoms with Gasteiger partial charge >= 0.3 is 0 Å². The minimum Gasteiger partial charge on any atom is -0.356 e. The lowest BCUT2D eigenvalue weighted by Crippen LogP contribution is -2.33. The van der Waals surface area contributed by atoms with Gasteiger partial charge in [-0.15, -0.1) is 0 Å². The van der Waals surface area contributed by atoms with Crippen molar-refractivity contribution in [2.75, 3.05) is 29.4 Å². The van der Waals surface area contributed by atoms with Gasteiger partial charge in [0, 0.05) is 30.8 Å². The van der Waals surface area contributed by atoms with Gasteiger partial charge in [0.05, 0.1) is 0 Å². The Morgan fingerprint density at radius 3 is 2.61 bits per heavy atom. The van der Waals surface area contributed by atoms with E-state index >= 15 is 0 Å². The first kappa shape index (κ1) is 15.0. The zero-order chi connectivity index (χ0) is 13.7. The van der Waals surface area contributed by atoms with Gasteiger partial charge in [0.1, 0.15) is 17.5 Å². The molecular formula is C12H23N5S. The first-order valence-corrected chi connectivity index (χ1v) is 7.50. The number of aryl methyl sites for hydroxylation is 1. The van der Waals surface area contributed by atoms with E-state index in [2.05, 4.69) is 40.5 Å². The molecule has 6 heteroatoms. The van der Waals surface area contributed by atoms with Crippen molar-refractivity contribution >= 4 is 23.4 Å². The molecule has 0 bridgehead atoms. The van der Waals surface area contributed by atoms with Gasteiger partial charge in [-0.1, -0.05) is 6.92 Å². The van der Waals surface area contributed by atoms with Crippen LogP contribution in [0, 0.1) is 6.92 Å². The maximum Gasteiger partial charge on any atom is 0.148 e. The van der Waals surface area contributed by atoms with Crippen LogP contribution in [-0.2, 0) is 6.42 Å². The predicted octanol–water partition coefficient (Wildman–Crippen LogP) is 1.82. The highest BCUT2D eigenvalue weighted by molar-refractivity contribution is 7.98. The zero-order valence-electron chi connectivity index (χ0n) is 11.8. The van der Waals surface area contributed by atoms with Crippen molar-refractivity contribution in [2.24, 2.45) is 5.84 Å². The highest BCUT2D eigenvalue weighted by Crippen LogP contribution is 2.24. The number of rotatable bonds is 6. The molecule has 0 saturated heterocycles. The summed E-state index contributed by atoms with van der Waals surface area (Å²) in [5.74, 6) is 9.05. The summed E-state index contributed by atoms with van der Waals surface area (Å²) in [7, 11) is 2.07. The maximum absolute atomic E-state index is 5.52. The maximum atomic E-state index is 5.52. The third-order valence-corrected chi connectivity index (χ3v) is 3.84. The monoisotopic (exact) mass is 269 g/mol. The van der Waals surface area contributed by atoms with Crippen molar-refractivity contribution in [2.45, 2.75) is 33.2 Å². The molecule has 0 aliphatic rings. The summed E-state index contributed by atoms with van der Waals surface area (Å²) < 4.78 is 0. The van der Waals surface area contributed by atoms with Crippen molar-refractivity contribution in [1.29, 1.82) is 0 Å². The van der Waals surface area contributed by atoms with Gasteiger partial charge in [-0.3, -0.25) is 0 Å². The number of nitrogens with one attached hydrogen (secondary N) is 1. The van der Waals surface area contributed by atoms with Crippen molar-refractivity contribution in [3.8, 4) is 0 Å². The van der Waals surface area contributed by atoms with Gasteiger partial charge in [-0.2, -0.15) is 11.8 Å². The smallest absolute Gasteiger partial charge is 0.148 e. The van der Waals surface area contributed by atoms with Crippen LogP contribution in [0.15, 0.2) is 0 Å². The molecule has 0 aliphatic carbocycles. The average Bonchev–Trinajstić information content (AvgIpc) is 2.38. The highest BCUT2D eigenvalue weighted by Gasteiger charge is 2.17. The fraction of sp³-hybridized carbons (Fsp3) is 0.667. The second kappa shape index (κ2) is 6.80. The van der Waals surface area contributed by atoms with Crippen molar-refractivity contribution in [1.82, 2.24) is 9.97 Å². The molecule has 0 radical (unpaired) electrons. The molecule has 0 aromatic carbocycles. The van der Waals surface area contributed by atoms with E-state index in [1.807, 2.05) is 25.6 Å². The van der Waals surface area contributed by atoms with Crippen LogP contribution in [0.5, 0.6) is 0 Å². The Labute approximate surface area is 114 Å². The minimum atomic E-state index is 0.420. The molecule has 102 valence electrons. The summed E-state index contributed by atoms with van der Waals surface area (Å²) in [6.45, 7) is 6.23. The lowest BCUT2D eigenvalue weighted by Gasteiger charge is -2.27. The third-order valence-electron chi connectivity index (χ3n) is 3.02. The average molecular weight is 269 g/mol. The van der Waals surface area contributed by atoms with Gasteiger partial charge in [0.2, 0.25) is 0 Å². The molecule has 1 aromatic heterocycles. The number of nitrogen functional groups attached to an aromatic ring is 1. The van der Waals surface area contributed by atoms with Crippen LogP contribution in [0.4, 0.5) is 11.6 Å². The number of thioether (sulfide) groups is 1. The Morgan fingerprint density at radius 1 is 1.44 bits per heavy atom. The van der Waals surface area contributed by atoms with Crippen LogP contribution >= 0.6 is 11.8 Å². The standard InChI is InChI=1S/C12H23N5S/c1-6-10-14-11(16-13)9(3)12(15-10)17(4)8(2)7-18-5/h8H,6-7,13H2,1-5H3,(H,14,15,16). The number of nitrogens with zero attached hydrogens (tertiary/aromatic N) is 3. The van der Waals surface area contributed by atoms with Crippen LogP contribution in [-0.4, -0.2) is 35.1 Å². The van der Waals surface area contributed by atoms with Crippen LogP contribution in [0.25, 0.3) is 0 Å². The molecule has 18 heavy (non-hydrogen) atoms. The van der Waals surface area contributed by atoms with E-state index in [1.54, 1.807) is 0 Å². The molecule has 0 aliphatic heterocycles. The fourth-order valence-corrected chi connectivity index (χ4v) is 2.46. The van der Waals surface area contributed by atoms with Crippen LogP contribution < -0.4 is 16.2 Å². The molecule has 0 saturated carbocycles. The summed E-state index contributed by atoms with van der Waals surface area (Å²) in [6.07, 6.45) is 2.91. The van der Waals surface area contributed by atoms with E-state index in [0.717, 1.165) is 29.4 Å². The molecule has 1 rings (SSSR count). The molecule has 0 amide bonds. The van der Waals surface area contributed by atoms with Gasteiger partial charge in [0.15, 0.2) is 0 Å². The normalized spacial score (nSPS) is 12.3. The molecule has 1 unspecified atom stereocenters. The number of hydrogen-bond donors (Lipinski definition) is 2. The lowest BCUT2D eigenvalue weighted by molar-refractivity contribution is 0.741. The molecule has 3 N–H and O–H groups in total.